The van der Waals surface area contributed by atoms with Gasteiger partial charge in [0, 0.05) is 49.0 Å². The normalized spacial score (nSPS) is 15.4. The lowest BCUT2D eigenvalue weighted by Gasteiger charge is -2.31. The minimum atomic E-state index is -0.509. The number of piperidine rings is 1. The van der Waals surface area contributed by atoms with Crippen molar-refractivity contribution in [1.29, 1.82) is 0 Å². The number of nitrogens with zero attached hydrogens (tertiary/aromatic N) is 5. The number of hydrogen-bond acceptors (Lipinski definition) is 8. The molecule has 2 aliphatic rings. The van der Waals surface area contributed by atoms with Crippen LogP contribution in [0.15, 0.2) is 18.3 Å². The molecule has 0 aromatic carbocycles. The van der Waals surface area contributed by atoms with Gasteiger partial charge < -0.3 is 10.1 Å². The van der Waals surface area contributed by atoms with Gasteiger partial charge in [0.05, 0.1) is 41.7 Å². The van der Waals surface area contributed by atoms with Crippen molar-refractivity contribution in [3.05, 3.63) is 35.3 Å². The van der Waals surface area contributed by atoms with Gasteiger partial charge in [-0.15, -0.1) is 0 Å². The van der Waals surface area contributed by atoms with E-state index in [1.165, 1.54) is 30.9 Å². The number of anilines is 1. The maximum atomic E-state index is 11.7. The van der Waals surface area contributed by atoms with E-state index in [4.69, 9.17) is 10.1 Å². The molecule has 1 aliphatic heterocycles. The highest BCUT2D eigenvalue weighted by Gasteiger charge is 2.33. The molecule has 1 fully saturated rings. The van der Waals surface area contributed by atoms with E-state index >= 15 is 0 Å². The van der Waals surface area contributed by atoms with Gasteiger partial charge in [0.15, 0.2) is 5.13 Å². The molecule has 0 unspecified atom stereocenters. The third kappa shape index (κ3) is 4.90. The van der Waals surface area contributed by atoms with Crippen molar-refractivity contribution >= 4 is 28.3 Å². The Labute approximate surface area is 213 Å². The fraction of sp³-hybridized carbons (Fsp3) is 0.423. The first-order chi connectivity index (χ1) is 17.4. The molecule has 0 radical (unpaired) electrons. The molecule has 186 valence electrons. The zero-order valence-electron chi connectivity index (χ0n) is 20.6. The maximum absolute atomic E-state index is 11.7. The van der Waals surface area contributed by atoms with Gasteiger partial charge in [0.25, 0.3) is 0 Å². The molecule has 10 heteroatoms. The monoisotopic (exact) mass is 504 g/mol. The SMILES string of the molecule is COC(=O)C#CCN1CCC(n2nc(-c3ccc(C)nc3)c3c2-c2sc(NC(C)=O)nc2CC3)CC1. The summed E-state index contributed by atoms with van der Waals surface area (Å²) in [5, 5.41) is 8.65. The van der Waals surface area contributed by atoms with E-state index in [-0.39, 0.29) is 11.9 Å². The second-order valence-electron chi connectivity index (χ2n) is 9.09. The van der Waals surface area contributed by atoms with E-state index in [1.54, 1.807) is 0 Å². The minimum absolute atomic E-state index is 0.121. The zero-order chi connectivity index (χ0) is 25.2. The quantitative estimate of drug-likeness (QED) is 0.331. The van der Waals surface area contributed by atoms with Gasteiger partial charge in [-0.2, -0.15) is 5.10 Å². The van der Waals surface area contributed by atoms with Gasteiger partial charge in [-0.3, -0.25) is 19.4 Å². The summed E-state index contributed by atoms with van der Waals surface area (Å²) < 4.78 is 6.78. The first kappa shape index (κ1) is 24.2. The van der Waals surface area contributed by atoms with Crippen LogP contribution in [-0.4, -0.2) is 63.3 Å². The van der Waals surface area contributed by atoms with Crippen LogP contribution in [-0.2, 0) is 27.2 Å². The fourth-order valence-corrected chi connectivity index (χ4v) is 5.92. The Morgan fingerprint density at radius 1 is 1.25 bits per heavy atom. The number of rotatable bonds is 4. The summed E-state index contributed by atoms with van der Waals surface area (Å²) in [6, 6.07) is 4.33. The summed E-state index contributed by atoms with van der Waals surface area (Å²) in [6.07, 6.45) is 5.40. The first-order valence-corrected chi connectivity index (χ1v) is 12.9. The van der Waals surface area contributed by atoms with Gasteiger partial charge in [-0.25, -0.2) is 9.78 Å². The number of aromatic nitrogens is 4. The summed E-state index contributed by atoms with van der Waals surface area (Å²) in [5.74, 6) is 4.78. The topological polar surface area (TPSA) is 102 Å². The first-order valence-electron chi connectivity index (χ1n) is 12.0. The molecule has 1 aliphatic carbocycles. The number of nitrogens with one attached hydrogen (secondary N) is 1. The molecule has 0 atom stereocenters. The summed E-state index contributed by atoms with van der Waals surface area (Å²) in [5.41, 5.74) is 6.31. The van der Waals surface area contributed by atoms with Crippen LogP contribution >= 0.6 is 11.3 Å². The number of esters is 1. The molecule has 1 amide bonds. The number of ether oxygens (including phenoxy) is 1. The number of amides is 1. The second kappa shape index (κ2) is 10.2. The van der Waals surface area contributed by atoms with Crippen molar-refractivity contribution in [2.45, 2.75) is 45.6 Å². The van der Waals surface area contributed by atoms with Gasteiger partial charge in [0.2, 0.25) is 5.91 Å². The van der Waals surface area contributed by atoms with Crippen molar-refractivity contribution in [2.75, 3.05) is 32.1 Å². The third-order valence-corrected chi connectivity index (χ3v) is 7.60. The predicted octanol–water partition coefficient (Wildman–Crippen LogP) is 3.25. The summed E-state index contributed by atoms with van der Waals surface area (Å²) in [6.45, 7) is 5.75. The number of likely N-dealkylation sites (tertiary alicyclic amines) is 1. The molecule has 4 heterocycles. The average Bonchev–Trinajstić information content (AvgIpc) is 3.45. The Bertz CT molecular complexity index is 1360. The highest BCUT2D eigenvalue weighted by atomic mass is 32.1. The van der Waals surface area contributed by atoms with Crippen molar-refractivity contribution in [3.8, 4) is 33.7 Å². The summed E-state index contributed by atoms with van der Waals surface area (Å²) >= 11 is 1.52. The van der Waals surface area contributed by atoms with E-state index in [2.05, 4.69) is 42.5 Å². The molecular weight excluding hydrogens is 476 g/mol. The van der Waals surface area contributed by atoms with Gasteiger partial charge in [-0.1, -0.05) is 17.3 Å². The molecule has 3 aromatic rings. The Morgan fingerprint density at radius 3 is 2.75 bits per heavy atom. The number of carbonyl (C=O) groups is 2. The third-order valence-electron chi connectivity index (χ3n) is 6.58. The van der Waals surface area contributed by atoms with Crippen LogP contribution in [0.3, 0.4) is 0 Å². The summed E-state index contributed by atoms with van der Waals surface area (Å²) in [7, 11) is 1.34. The Balaban J connectivity index is 1.47. The van der Waals surface area contributed by atoms with E-state index in [1.807, 2.05) is 19.2 Å². The van der Waals surface area contributed by atoms with Crippen LogP contribution in [0, 0.1) is 18.8 Å². The largest absolute Gasteiger partial charge is 0.459 e. The summed E-state index contributed by atoms with van der Waals surface area (Å²) in [4.78, 5) is 35.5. The molecule has 1 N–H and O–H groups in total. The number of fused-ring (bicyclic) bond motifs is 3. The number of aryl methyl sites for hydroxylation is 2. The molecule has 36 heavy (non-hydrogen) atoms. The van der Waals surface area contributed by atoms with Crippen molar-refractivity contribution in [1.82, 2.24) is 24.6 Å². The number of pyridine rings is 1. The van der Waals surface area contributed by atoms with Crippen LogP contribution in [0.1, 0.15) is 42.8 Å². The molecule has 0 bridgehead atoms. The van der Waals surface area contributed by atoms with Crippen LogP contribution in [0.25, 0.3) is 21.8 Å². The molecule has 3 aromatic heterocycles. The van der Waals surface area contributed by atoms with Crippen molar-refractivity contribution in [3.63, 3.8) is 0 Å². The number of methoxy groups -OCH3 is 1. The lowest BCUT2D eigenvalue weighted by Crippen LogP contribution is -2.35. The van der Waals surface area contributed by atoms with Crippen LogP contribution < -0.4 is 5.32 Å². The van der Waals surface area contributed by atoms with E-state index in [9.17, 15) is 9.59 Å². The molecular formula is C26H28N6O3S. The lowest BCUT2D eigenvalue weighted by atomic mass is 9.95. The molecule has 9 nitrogen and oxygen atoms in total. The minimum Gasteiger partial charge on any atom is -0.459 e. The van der Waals surface area contributed by atoms with Crippen molar-refractivity contribution < 1.29 is 14.3 Å². The van der Waals surface area contributed by atoms with Crippen molar-refractivity contribution in [2.24, 2.45) is 0 Å². The average molecular weight is 505 g/mol. The van der Waals surface area contributed by atoms with Gasteiger partial charge >= 0.3 is 5.97 Å². The lowest BCUT2D eigenvalue weighted by molar-refractivity contribution is -0.133. The van der Waals surface area contributed by atoms with Crippen LogP contribution in [0.5, 0.6) is 0 Å². The van der Waals surface area contributed by atoms with E-state index in [0.29, 0.717) is 11.7 Å². The number of hydrogen-bond donors (Lipinski definition) is 1. The van der Waals surface area contributed by atoms with Gasteiger partial charge in [0.1, 0.15) is 0 Å². The van der Waals surface area contributed by atoms with E-state index in [0.717, 1.165) is 72.0 Å². The smallest absolute Gasteiger partial charge is 0.384 e. The zero-order valence-corrected chi connectivity index (χ0v) is 21.4. The number of carbonyl (C=O) groups excluding carboxylic acids is 2. The highest BCUT2D eigenvalue weighted by molar-refractivity contribution is 7.19. The second-order valence-corrected chi connectivity index (χ2v) is 10.1. The number of thiazole rings is 1. The Hall–Kier alpha value is -3.55. The molecule has 1 saturated heterocycles. The molecule has 5 rings (SSSR count). The van der Waals surface area contributed by atoms with Crippen LogP contribution in [0.2, 0.25) is 0 Å². The Kier molecular flexibility index (Phi) is 6.85. The van der Waals surface area contributed by atoms with Crippen LogP contribution in [0.4, 0.5) is 5.13 Å². The fourth-order valence-electron chi connectivity index (χ4n) is 4.80. The maximum Gasteiger partial charge on any atom is 0.384 e. The van der Waals surface area contributed by atoms with E-state index < -0.39 is 5.97 Å². The Morgan fingerprint density at radius 2 is 2.06 bits per heavy atom. The predicted molar refractivity (Wildman–Crippen MR) is 138 cm³/mol. The standard InChI is InChI=1S/C26H28N6O3S/c1-16-6-7-18(15-27-16)23-20-8-9-21-25(36-26(29-21)28-17(2)33)24(20)32(30-23)19-10-13-31(14-11-19)12-4-5-22(34)35-3/h6-7,15,19H,8-14H2,1-3H3,(H,28,29,33). The van der Waals surface area contributed by atoms with Gasteiger partial charge in [-0.05, 0) is 44.7 Å². The molecule has 0 saturated carbocycles. The molecule has 0 spiro atoms. The highest BCUT2D eigenvalue weighted by Crippen LogP contribution is 2.45.